The average molecular weight is 460 g/mol. The number of carbonyl (C=O) groups is 1. The van der Waals surface area contributed by atoms with Crippen molar-refractivity contribution < 1.29 is 14.1 Å². The van der Waals surface area contributed by atoms with E-state index in [0.29, 0.717) is 48.1 Å². The van der Waals surface area contributed by atoms with Crippen molar-refractivity contribution in [3.63, 3.8) is 0 Å². The first-order valence-corrected chi connectivity index (χ1v) is 11.4. The number of rotatable bonds is 9. The van der Waals surface area contributed by atoms with Crippen LogP contribution in [-0.4, -0.2) is 39.5 Å². The minimum Gasteiger partial charge on any atom is -0.497 e. The van der Waals surface area contributed by atoms with Crippen molar-refractivity contribution >= 4 is 5.91 Å². The lowest BCUT2D eigenvalue weighted by molar-refractivity contribution is 0.0953. The van der Waals surface area contributed by atoms with Gasteiger partial charge in [-0.1, -0.05) is 48.8 Å². The molecule has 0 aliphatic carbocycles. The standard InChI is InChI=1S/C26H29N5O3/c1-17(2)25-28-23(34-30-25)9-6-14-27-26(32)22-16-31(20-12-10-18(3)11-13-20)29-24(22)19-7-5-8-21(15-19)33-4/h5,7-8,10-13,15-17H,6,9,14H2,1-4H3,(H,27,32). The van der Waals surface area contributed by atoms with Gasteiger partial charge in [-0.15, -0.1) is 0 Å². The van der Waals surface area contributed by atoms with Crippen LogP contribution in [0.25, 0.3) is 16.9 Å². The Kier molecular flexibility index (Phi) is 7.06. The predicted molar refractivity (Wildman–Crippen MR) is 129 cm³/mol. The van der Waals surface area contributed by atoms with Gasteiger partial charge in [-0.2, -0.15) is 10.1 Å². The second kappa shape index (κ2) is 10.3. The van der Waals surface area contributed by atoms with Crippen molar-refractivity contribution in [2.24, 2.45) is 0 Å². The number of carbonyl (C=O) groups excluding carboxylic acids is 1. The zero-order chi connectivity index (χ0) is 24.1. The first-order valence-electron chi connectivity index (χ1n) is 11.4. The van der Waals surface area contributed by atoms with Gasteiger partial charge in [0.05, 0.1) is 18.4 Å². The molecule has 1 amide bonds. The van der Waals surface area contributed by atoms with Crippen LogP contribution in [0.5, 0.6) is 5.75 Å². The summed E-state index contributed by atoms with van der Waals surface area (Å²) in [6.45, 7) is 6.55. The highest BCUT2D eigenvalue weighted by atomic mass is 16.5. The predicted octanol–water partition coefficient (Wildman–Crippen LogP) is 4.73. The maximum Gasteiger partial charge on any atom is 0.255 e. The Morgan fingerprint density at radius 3 is 2.68 bits per heavy atom. The lowest BCUT2D eigenvalue weighted by Crippen LogP contribution is -2.25. The van der Waals surface area contributed by atoms with Gasteiger partial charge in [-0.25, -0.2) is 4.68 Å². The number of ether oxygens (including phenoxy) is 1. The molecule has 0 bridgehead atoms. The van der Waals surface area contributed by atoms with Crippen molar-refractivity contribution in [1.82, 2.24) is 25.2 Å². The highest BCUT2D eigenvalue weighted by molar-refractivity contribution is 6.00. The lowest BCUT2D eigenvalue weighted by Gasteiger charge is -2.06. The molecule has 0 radical (unpaired) electrons. The van der Waals surface area contributed by atoms with Gasteiger partial charge in [-0.3, -0.25) is 4.79 Å². The SMILES string of the molecule is COc1cccc(-c2nn(-c3ccc(C)cc3)cc2C(=O)NCCCc2nc(C(C)C)no2)c1. The van der Waals surface area contributed by atoms with Gasteiger partial charge in [0.2, 0.25) is 5.89 Å². The van der Waals surface area contributed by atoms with Crippen molar-refractivity contribution in [3.8, 4) is 22.7 Å². The number of nitrogens with zero attached hydrogens (tertiary/aromatic N) is 4. The van der Waals surface area contributed by atoms with Gasteiger partial charge in [0.15, 0.2) is 5.82 Å². The summed E-state index contributed by atoms with van der Waals surface area (Å²) < 4.78 is 12.4. The Bertz CT molecular complexity index is 1260. The minimum absolute atomic E-state index is 0.190. The van der Waals surface area contributed by atoms with Crippen molar-refractivity contribution in [2.45, 2.75) is 39.5 Å². The summed E-state index contributed by atoms with van der Waals surface area (Å²) in [4.78, 5) is 17.5. The van der Waals surface area contributed by atoms with E-state index < -0.39 is 0 Å². The number of hydrogen-bond donors (Lipinski definition) is 1. The molecule has 8 nitrogen and oxygen atoms in total. The second-order valence-corrected chi connectivity index (χ2v) is 8.46. The van der Waals surface area contributed by atoms with Crippen LogP contribution in [0.3, 0.4) is 0 Å². The van der Waals surface area contributed by atoms with Crippen LogP contribution >= 0.6 is 0 Å². The number of nitrogens with one attached hydrogen (secondary N) is 1. The molecule has 0 fully saturated rings. The Labute approximate surface area is 199 Å². The van der Waals surface area contributed by atoms with E-state index in [2.05, 4.69) is 15.5 Å². The van der Waals surface area contributed by atoms with E-state index in [1.54, 1.807) is 18.0 Å². The number of amides is 1. The largest absolute Gasteiger partial charge is 0.497 e. The quantitative estimate of drug-likeness (QED) is 0.364. The van der Waals surface area contributed by atoms with Gasteiger partial charge in [0.1, 0.15) is 11.4 Å². The fourth-order valence-electron chi connectivity index (χ4n) is 3.49. The molecular formula is C26H29N5O3. The summed E-state index contributed by atoms with van der Waals surface area (Å²) in [5, 5.41) is 11.7. The molecule has 2 aromatic heterocycles. The van der Waals surface area contributed by atoms with Gasteiger partial charge in [-0.05, 0) is 37.6 Å². The second-order valence-electron chi connectivity index (χ2n) is 8.46. The van der Waals surface area contributed by atoms with Crippen LogP contribution in [0.15, 0.2) is 59.3 Å². The van der Waals surface area contributed by atoms with Gasteiger partial charge < -0.3 is 14.6 Å². The van der Waals surface area contributed by atoms with E-state index in [0.717, 1.165) is 16.8 Å². The summed E-state index contributed by atoms with van der Waals surface area (Å²) in [6, 6.07) is 15.5. The Morgan fingerprint density at radius 2 is 1.97 bits per heavy atom. The highest BCUT2D eigenvalue weighted by Gasteiger charge is 2.19. The number of benzene rings is 2. The van der Waals surface area contributed by atoms with E-state index in [1.807, 2.05) is 69.3 Å². The van der Waals surface area contributed by atoms with Crippen LogP contribution in [0, 0.1) is 6.92 Å². The molecule has 0 aliphatic heterocycles. The highest BCUT2D eigenvalue weighted by Crippen LogP contribution is 2.27. The first-order chi connectivity index (χ1) is 16.4. The summed E-state index contributed by atoms with van der Waals surface area (Å²) >= 11 is 0. The van der Waals surface area contributed by atoms with E-state index in [1.165, 1.54) is 0 Å². The Morgan fingerprint density at radius 1 is 1.18 bits per heavy atom. The molecule has 34 heavy (non-hydrogen) atoms. The van der Waals surface area contributed by atoms with Gasteiger partial charge >= 0.3 is 0 Å². The molecule has 4 aromatic rings. The van der Waals surface area contributed by atoms with Gasteiger partial charge in [0.25, 0.3) is 5.91 Å². The number of aryl methyl sites for hydroxylation is 2. The molecule has 176 valence electrons. The van der Waals surface area contributed by atoms with E-state index in [9.17, 15) is 4.79 Å². The molecule has 0 saturated carbocycles. The minimum atomic E-state index is -0.190. The van der Waals surface area contributed by atoms with Gasteiger partial charge in [0, 0.05) is 30.6 Å². The maximum atomic E-state index is 13.1. The Hall–Kier alpha value is -3.94. The fourth-order valence-corrected chi connectivity index (χ4v) is 3.49. The van der Waals surface area contributed by atoms with E-state index >= 15 is 0 Å². The van der Waals surface area contributed by atoms with Crippen LogP contribution in [0.1, 0.15) is 53.8 Å². The third-order valence-electron chi connectivity index (χ3n) is 5.45. The maximum absolute atomic E-state index is 13.1. The normalized spacial score (nSPS) is 11.1. The van der Waals surface area contributed by atoms with E-state index in [-0.39, 0.29) is 11.8 Å². The molecule has 2 aromatic carbocycles. The fraction of sp³-hybridized carbons (Fsp3) is 0.308. The molecule has 1 N–H and O–H groups in total. The van der Waals surface area contributed by atoms with Crippen LogP contribution in [0.2, 0.25) is 0 Å². The van der Waals surface area contributed by atoms with Crippen LogP contribution < -0.4 is 10.1 Å². The van der Waals surface area contributed by atoms with Crippen molar-refractivity contribution in [2.75, 3.05) is 13.7 Å². The van der Waals surface area contributed by atoms with Crippen molar-refractivity contribution in [3.05, 3.63) is 77.6 Å². The summed E-state index contributed by atoms with van der Waals surface area (Å²) in [7, 11) is 1.62. The summed E-state index contributed by atoms with van der Waals surface area (Å²) in [6.07, 6.45) is 3.05. The molecule has 0 spiro atoms. The molecule has 0 unspecified atom stereocenters. The summed E-state index contributed by atoms with van der Waals surface area (Å²) in [5.74, 6) is 2.02. The zero-order valence-corrected chi connectivity index (χ0v) is 19.9. The third-order valence-corrected chi connectivity index (χ3v) is 5.45. The molecule has 8 heteroatoms. The van der Waals surface area contributed by atoms with E-state index in [4.69, 9.17) is 14.4 Å². The third kappa shape index (κ3) is 5.33. The molecule has 0 saturated heterocycles. The summed E-state index contributed by atoms with van der Waals surface area (Å²) in [5.41, 5.74) is 3.93. The number of hydrogen-bond acceptors (Lipinski definition) is 6. The van der Waals surface area contributed by atoms with Crippen molar-refractivity contribution in [1.29, 1.82) is 0 Å². The lowest BCUT2D eigenvalue weighted by atomic mass is 10.1. The average Bonchev–Trinajstić information content (AvgIpc) is 3.50. The first kappa shape index (κ1) is 23.2. The van der Waals surface area contributed by atoms with Crippen LogP contribution in [-0.2, 0) is 6.42 Å². The Balaban J connectivity index is 1.52. The smallest absolute Gasteiger partial charge is 0.255 e. The zero-order valence-electron chi connectivity index (χ0n) is 19.9. The van der Waals surface area contributed by atoms with Crippen LogP contribution in [0.4, 0.5) is 0 Å². The topological polar surface area (TPSA) is 95.1 Å². The molecule has 0 aliphatic rings. The molecule has 4 rings (SSSR count). The number of methoxy groups -OCH3 is 1. The monoisotopic (exact) mass is 459 g/mol. The molecule has 2 heterocycles. The molecule has 0 atom stereocenters. The number of aromatic nitrogens is 4. The molecular weight excluding hydrogens is 430 g/mol.